The summed E-state index contributed by atoms with van der Waals surface area (Å²) < 4.78 is 0. The predicted octanol–water partition coefficient (Wildman–Crippen LogP) is -11.1. The van der Waals surface area contributed by atoms with Crippen LogP contribution in [0.25, 0.3) is 0 Å². The molecule has 0 radical (unpaired) electrons. The van der Waals surface area contributed by atoms with Gasteiger partial charge in [0.05, 0.1) is 0 Å². The summed E-state index contributed by atoms with van der Waals surface area (Å²) in [6, 6.07) is 0. The average molecular weight is 287 g/mol. The van der Waals surface area contributed by atoms with Gasteiger partial charge in [0.1, 0.15) is 0 Å². The van der Waals surface area contributed by atoms with Gasteiger partial charge in [0.2, 0.25) is 0 Å². The minimum atomic E-state index is -2.17. The van der Waals surface area contributed by atoms with E-state index in [1.165, 1.54) is 0 Å². The Hall–Kier alpha value is 1.42. The number of hydrogen-bond acceptors (Lipinski definition) is 12. The molecule has 0 bridgehead atoms. The first-order valence-electron chi connectivity index (χ1n) is 3.10. The molecule has 0 rings (SSSR count). The Labute approximate surface area is 141 Å². The Bertz CT molecular complexity index is 67.1. The molecule has 17 heteroatoms. The predicted molar refractivity (Wildman–Crippen MR) is 50.8 cm³/mol. The molecule has 0 aromatic rings. The third kappa shape index (κ3) is 2060. The van der Waals surface area contributed by atoms with Crippen molar-refractivity contribution < 1.29 is 113 Å². The van der Waals surface area contributed by atoms with Crippen molar-refractivity contribution in [2.24, 2.45) is 0 Å². The molecule has 0 saturated carbocycles. The minimum Gasteiger partial charge on any atom is -1.00 e. The molecule has 0 unspecified atom stereocenters. The summed E-state index contributed by atoms with van der Waals surface area (Å²) in [5.74, 6) is 0. The molecule has 98 valence electrons. The van der Waals surface area contributed by atoms with Crippen molar-refractivity contribution in [2.45, 2.75) is 0 Å². The van der Waals surface area contributed by atoms with Crippen LogP contribution < -0.4 is 51.4 Å². The van der Waals surface area contributed by atoms with Crippen LogP contribution in [-0.2, 0) is 0 Å². The van der Waals surface area contributed by atoms with E-state index in [1.54, 1.807) is 0 Å². The maximum absolute atomic E-state index is 7.17. The van der Waals surface area contributed by atoms with Gasteiger partial charge in [-0.1, -0.05) is 0 Å². The molecule has 0 aromatic carbocycles. The molecule has 0 aliphatic carbocycles. The maximum Gasteiger partial charge on any atom is 1.00 e. The van der Waals surface area contributed by atoms with Crippen molar-refractivity contribution in [3.63, 3.8) is 0 Å². The Morgan fingerprint density at radius 1 is 0.353 bits per heavy atom. The zero-order valence-electron chi connectivity index (χ0n) is 9.68. The number of rotatable bonds is 0. The fourth-order valence-corrected chi connectivity index (χ4v) is 0. The molecular formula is H13B4KO12. The van der Waals surface area contributed by atoms with Crippen LogP contribution in [0.15, 0.2) is 0 Å². The first-order chi connectivity index (χ1) is 6.93. The largest absolute Gasteiger partial charge is 1.00 e. The van der Waals surface area contributed by atoms with Crippen molar-refractivity contribution in [3.8, 4) is 0 Å². The molecule has 0 aliphatic rings. The van der Waals surface area contributed by atoms with Crippen molar-refractivity contribution in [1.82, 2.24) is 0 Å². The summed E-state index contributed by atoms with van der Waals surface area (Å²) in [6.45, 7) is 0. The van der Waals surface area contributed by atoms with Crippen molar-refractivity contribution in [1.29, 1.82) is 0 Å². The van der Waals surface area contributed by atoms with Crippen LogP contribution in [0, 0.1) is 0 Å². The topological polar surface area (TPSA) is 243 Å². The number of hydrogen-bond donors (Lipinski definition) is 12. The van der Waals surface area contributed by atoms with Gasteiger partial charge in [-0.05, 0) is 0 Å². The Balaban J connectivity index is -0.0000000257. The van der Waals surface area contributed by atoms with E-state index in [1.807, 2.05) is 0 Å². The van der Waals surface area contributed by atoms with Crippen molar-refractivity contribution >= 4 is 29.3 Å². The van der Waals surface area contributed by atoms with Crippen LogP contribution in [0.5, 0.6) is 0 Å². The standard InChI is InChI=1S/4BH3O3.K.H/c4*2-1(3)4;;/h4*2-4H;;/q;;;;+1;-1. The van der Waals surface area contributed by atoms with Crippen LogP contribution in [0.1, 0.15) is 1.43 Å². The molecule has 0 heterocycles. The van der Waals surface area contributed by atoms with E-state index in [4.69, 9.17) is 60.3 Å². The molecule has 12 N–H and O–H groups in total. The molecule has 0 atom stereocenters. The van der Waals surface area contributed by atoms with E-state index in [0.717, 1.165) is 0 Å². The van der Waals surface area contributed by atoms with E-state index >= 15 is 0 Å². The van der Waals surface area contributed by atoms with Gasteiger partial charge in [0, 0.05) is 0 Å². The smallest absolute Gasteiger partial charge is 1.00 e. The van der Waals surface area contributed by atoms with E-state index in [-0.39, 0.29) is 52.8 Å². The van der Waals surface area contributed by atoms with Crippen LogP contribution in [0.4, 0.5) is 0 Å². The van der Waals surface area contributed by atoms with Crippen LogP contribution in [0.3, 0.4) is 0 Å². The summed E-state index contributed by atoms with van der Waals surface area (Å²) in [5, 5.41) is 86.0. The first kappa shape index (κ1) is 31.0. The van der Waals surface area contributed by atoms with Gasteiger partial charge in [0.25, 0.3) is 0 Å². The van der Waals surface area contributed by atoms with E-state index in [2.05, 4.69) is 0 Å². The van der Waals surface area contributed by atoms with E-state index in [0.29, 0.717) is 0 Å². The van der Waals surface area contributed by atoms with Crippen molar-refractivity contribution in [3.05, 3.63) is 0 Å². The molecule has 17 heavy (non-hydrogen) atoms. The Morgan fingerprint density at radius 3 is 0.353 bits per heavy atom. The van der Waals surface area contributed by atoms with Gasteiger partial charge >= 0.3 is 80.7 Å². The third-order valence-corrected chi connectivity index (χ3v) is 0. The van der Waals surface area contributed by atoms with Crippen molar-refractivity contribution in [2.75, 3.05) is 0 Å². The van der Waals surface area contributed by atoms with Gasteiger partial charge in [-0.25, -0.2) is 0 Å². The Kier molecular flexibility index (Phi) is 47.6. The normalized spacial score (nSPS) is 6.35. The summed E-state index contributed by atoms with van der Waals surface area (Å²) >= 11 is 0. The van der Waals surface area contributed by atoms with Gasteiger partial charge in [-0.3, -0.25) is 0 Å². The fraction of sp³-hybridized carbons (Fsp3) is 0. The second kappa shape index (κ2) is 26.1. The second-order valence-electron chi connectivity index (χ2n) is 1.39. The summed E-state index contributed by atoms with van der Waals surface area (Å²) in [4.78, 5) is 0. The van der Waals surface area contributed by atoms with E-state index in [9.17, 15) is 0 Å². The van der Waals surface area contributed by atoms with Gasteiger partial charge in [0.15, 0.2) is 0 Å². The minimum absolute atomic E-state index is 0. The molecular weight excluding hydrogens is 274 g/mol. The maximum atomic E-state index is 7.17. The van der Waals surface area contributed by atoms with Gasteiger partial charge < -0.3 is 61.7 Å². The zero-order chi connectivity index (χ0) is 14.3. The SMILES string of the molecule is OB(O)O.OB(O)O.OB(O)O.OB(O)O.[H-].[K+]. The second-order valence-corrected chi connectivity index (χ2v) is 1.39. The Morgan fingerprint density at radius 2 is 0.353 bits per heavy atom. The fourth-order valence-electron chi connectivity index (χ4n) is 0. The molecule has 0 aromatic heterocycles. The summed E-state index contributed by atoms with van der Waals surface area (Å²) in [5.41, 5.74) is 0. The molecule has 0 amide bonds. The van der Waals surface area contributed by atoms with Crippen LogP contribution in [-0.4, -0.2) is 89.6 Å². The summed E-state index contributed by atoms with van der Waals surface area (Å²) in [6.07, 6.45) is 0. The molecule has 12 nitrogen and oxygen atoms in total. The van der Waals surface area contributed by atoms with E-state index < -0.39 is 29.3 Å². The monoisotopic (exact) mass is 288 g/mol. The quantitative estimate of drug-likeness (QED) is 0.186. The summed E-state index contributed by atoms with van der Waals surface area (Å²) in [7, 11) is -8.67. The van der Waals surface area contributed by atoms with Crippen LogP contribution in [0.2, 0.25) is 0 Å². The zero-order valence-corrected chi connectivity index (χ0v) is 11.8. The average Bonchev–Trinajstić information content (AvgIpc) is 1.76. The molecule has 0 fully saturated rings. The van der Waals surface area contributed by atoms with Gasteiger partial charge in [-0.15, -0.1) is 0 Å². The molecule has 0 saturated heterocycles. The van der Waals surface area contributed by atoms with Gasteiger partial charge in [-0.2, -0.15) is 0 Å². The first-order valence-corrected chi connectivity index (χ1v) is 3.10. The molecule has 0 aliphatic heterocycles. The third-order valence-electron chi connectivity index (χ3n) is 0. The van der Waals surface area contributed by atoms with Crippen LogP contribution >= 0.6 is 0 Å². The molecule has 0 spiro atoms.